The molecule has 0 aromatic heterocycles. The summed E-state index contributed by atoms with van der Waals surface area (Å²) in [4.78, 5) is 0. The van der Waals surface area contributed by atoms with Crippen LogP contribution in [-0.2, 0) is 0 Å². The number of rotatable bonds is 5. The van der Waals surface area contributed by atoms with Gasteiger partial charge in [-0.3, -0.25) is 0 Å². The number of hydrogen-bond acceptors (Lipinski definition) is 2. The molecule has 1 radical (unpaired) electrons. The maximum absolute atomic E-state index is 9.76. The van der Waals surface area contributed by atoms with Gasteiger partial charge < -0.3 is 9.84 Å². The Bertz CT molecular complexity index is 712. The van der Waals surface area contributed by atoms with Crippen LogP contribution in [0.15, 0.2) is 78.9 Å². The largest absolute Gasteiger partial charge is 0.504 e. The van der Waals surface area contributed by atoms with E-state index in [0.717, 1.165) is 5.56 Å². The van der Waals surface area contributed by atoms with E-state index in [9.17, 15) is 5.11 Å². The van der Waals surface area contributed by atoms with E-state index in [0.29, 0.717) is 5.75 Å². The van der Waals surface area contributed by atoms with Crippen molar-refractivity contribution in [1.29, 1.82) is 0 Å². The summed E-state index contributed by atoms with van der Waals surface area (Å²) in [6.45, 7) is 0. The molecule has 0 heterocycles. The molecule has 2 nitrogen and oxygen atoms in total. The lowest BCUT2D eigenvalue weighted by atomic mass is 9.86. The molecular weight excluding hydrogens is 284 g/mol. The van der Waals surface area contributed by atoms with Crippen molar-refractivity contribution in [2.75, 3.05) is 7.11 Å². The Hall–Kier alpha value is -2.74. The topological polar surface area (TPSA) is 29.5 Å². The van der Waals surface area contributed by atoms with Crippen LogP contribution < -0.4 is 4.74 Å². The van der Waals surface area contributed by atoms with Crippen molar-refractivity contribution in [3.63, 3.8) is 0 Å². The van der Waals surface area contributed by atoms with E-state index < -0.39 is 0 Å². The van der Waals surface area contributed by atoms with E-state index in [4.69, 9.17) is 4.74 Å². The highest BCUT2D eigenvalue weighted by Gasteiger charge is 2.16. The summed E-state index contributed by atoms with van der Waals surface area (Å²) in [5, 5.41) is 9.76. The van der Waals surface area contributed by atoms with Crippen LogP contribution in [-0.4, -0.2) is 12.2 Å². The minimum Gasteiger partial charge on any atom is -0.504 e. The van der Waals surface area contributed by atoms with Crippen LogP contribution in [0, 0.1) is 6.42 Å². The van der Waals surface area contributed by atoms with Gasteiger partial charge in [-0.1, -0.05) is 66.7 Å². The Morgan fingerprint density at radius 2 is 1.39 bits per heavy atom. The zero-order valence-electron chi connectivity index (χ0n) is 13.0. The third-order valence-corrected chi connectivity index (χ3v) is 3.88. The molecule has 0 saturated heterocycles. The molecule has 0 aliphatic rings. The van der Waals surface area contributed by atoms with Crippen molar-refractivity contribution in [1.82, 2.24) is 0 Å². The second-order valence-electron chi connectivity index (χ2n) is 5.40. The summed E-state index contributed by atoms with van der Waals surface area (Å²) in [6, 6.07) is 26.2. The first-order chi connectivity index (χ1) is 11.3. The lowest BCUT2D eigenvalue weighted by molar-refractivity contribution is 0.373. The average molecular weight is 303 g/mol. The summed E-state index contributed by atoms with van der Waals surface area (Å²) >= 11 is 0. The van der Waals surface area contributed by atoms with Gasteiger partial charge in [-0.2, -0.15) is 0 Å². The lowest BCUT2D eigenvalue weighted by Crippen LogP contribution is -2.03. The fraction of sp³-hybridized carbons (Fsp3) is 0.0952. The van der Waals surface area contributed by atoms with Crippen LogP contribution in [0.4, 0.5) is 0 Å². The van der Waals surface area contributed by atoms with Crippen molar-refractivity contribution in [2.24, 2.45) is 0 Å². The van der Waals surface area contributed by atoms with Crippen LogP contribution in [0.3, 0.4) is 0 Å². The summed E-state index contributed by atoms with van der Waals surface area (Å²) < 4.78 is 5.21. The number of aromatic hydroxyl groups is 1. The molecule has 0 aliphatic carbocycles. The van der Waals surface area contributed by atoms with Gasteiger partial charge in [0.2, 0.25) is 0 Å². The molecule has 0 spiro atoms. The molecule has 115 valence electrons. The van der Waals surface area contributed by atoms with Gasteiger partial charge in [0, 0.05) is 12.3 Å². The van der Waals surface area contributed by atoms with Crippen molar-refractivity contribution >= 4 is 0 Å². The zero-order valence-corrected chi connectivity index (χ0v) is 13.0. The normalized spacial score (nSPS) is 10.7. The predicted octanol–water partition coefficient (Wildman–Crippen LogP) is 4.79. The molecule has 0 bridgehead atoms. The Kier molecular flexibility index (Phi) is 4.62. The first-order valence-corrected chi connectivity index (χ1v) is 7.59. The molecule has 0 fully saturated rings. The van der Waals surface area contributed by atoms with Crippen LogP contribution in [0.2, 0.25) is 0 Å². The van der Waals surface area contributed by atoms with Gasteiger partial charge in [0.15, 0.2) is 11.5 Å². The van der Waals surface area contributed by atoms with Crippen molar-refractivity contribution < 1.29 is 9.84 Å². The van der Waals surface area contributed by atoms with E-state index in [1.54, 1.807) is 13.2 Å². The summed E-state index contributed by atoms with van der Waals surface area (Å²) in [6.07, 6.45) is 2.19. The quantitative estimate of drug-likeness (QED) is 0.734. The molecule has 2 heteroatoms. The minimum absolute atomic E-state index is 0.145. The Labute approximate surface area is 137 Å². The maximum Gasteiger partial charge on any atom is 0.160 e. The average Bonchev–Trinajstić information content (AvgIpc) is 2.62. The van der Waals surface area contributed by atoms with Gasteiger partial charge in [-0.25, -0.2) is 0 Å². The molecule has 1 N–H and O–H groups in total. The third-order valence-electron chi connectivity index (χ3n) is 3.88. The van der Waals surface area contributed by atoms with Gasteiger partial charge in [-0.15, -0.1) is 0 Å². The van der Waals surface area contributed by atoms with Crippen LogP contribution in [0.5, 0.6) is 11.5 Å². The predicted molar refractivity (Wildman–Crippen MR) is 92.8 cm³/mol. The molecule has 0 unspecified atom stereocenters. The van der Waals surface area contributed by atoms with E-state index in [-0.39, 0.29) is 11.7 Å². The van der Waals surface area contributed by atoms with Crippen LogP contribution >= 0.6 is 0 Å². The molecule has 0 amide bonds. The number of hydrogen-bond donors (Lipinski definition) is 1. The van der Waals surface area contributed by atoms with E-state index >= 15 is 0 Å². The summed E-state index contributed by atoms with van der Waals surface area (Å²) in [7, 11) is 1.56. The third kappa shape index (κ3) is 3.54. The van der Waals surface area contributed by atoms with E-state index in [1.807, 2.05) is 24.3 Å². The molecule has 3 rings (SSSR count). The molecule has 0 aliphatic heterocycles. The zero-order chi connectivity index (χ0) is 16.1. The smallest absolute Gasteiger partial charge is 0.160 e. The maximum atomic E-state index is 9.76. The number of methoxy groups -OCH3 is 1. The molecule has 3 aromatic carbocycles. The fourth-order valence-electron chi connectivity index (χ4n) is 2.70. The SMILES string of the molecule is COc1cc([CH]C(c2ccccc2)c2ccccc2)ccc1O. The second-order valence-corrected chi connectivity index (χ2v) is 5.40. The van der Waals surface area contributed by atoms with Gasteiger partial charge in [0.1, 0.15) is 0 Å². The summed E-state index contributed by atoms with van der Waals surface area (Å²) in [5.41, 5.74) is 3.47. The number of phenolic OH excluding ortho intramolecular Hbond substituents is 1. The second kappa shape index (κ2) is 7.01. The number of ether oxygens (including phenoxy) is 1. The Morgan fingerprint density at radius 3 is 1.91 bits per heavy atom. The Balaban J connectivity index is 1.97. The monoisotopic (exact) mass is 303 g/mol. The fourth-order valence-corrected chi connectivity index (χ4v) is 2.70. The highest BCUT2D eigenvalue weighted by molar-refractivity contribution is 5.47. The van der Waals surface area contributed by atoms with Crippen LogP contribution in [0.25, 0.3) is 0 Å². The standard InChI is InChI=1S/C21H19O2/c1-23-21-15-16(12-13-20(21)22)14-19(17-8-4-2-5-9-17)18-10-6-3-7-11-18/h2-15,19,22H,1H3. The van der Waals surface area contributed by atoms with Crippen molar-refractivity contribution in [2.45, 2.75) is 5.92 Å². The highest BCUT2D eigenvalue weighted by atomic mass is 16.5. The molecular formula is C21H19O2. The van der Waals surface area contributed by atoms with E-state index in [1.165, 1.54) is 11.1 Å². The van der Waals surface area contributed by atoms with Crippen LogP contribution in [0.1, 0.15) is 22.6 Å². The minimum atomic E-state index is 0.145. The molecule has 3 aromatic rings. The molecule has 0 saturated carbocycles. The first kappa shape index (κ1) is 15.2. The lowest BCUT2D eigenvalue weighted by Gasteiger charge is -2.18. The molecule has 23 heavy (non-hydrogen) atoms. The van der Waals surface area contributed by atoms with Crippen molar-refractivity contribution in [3.05, 3.63) is 102 Å². The number of phenols is 1. The van der Waals surface area contributed by atoms with Gasteiger partial charge in [0.25, 0.3) is 0 Å². The Morgan fingerprint density at radius 1 is 0.826 bits per heavy atom. The van der Waals surface area contributed by atoms with Crippen molar-refractivity contribution in [3.8, 4) is 11.5 Å². The first-order valence-electron chi connectivity index (χ1n) is 7.59. The summed E-state index contributed by atoms with van der Waals surface area (Å²) in [5.74, 6) is 0.783. The number of benzene rings is 3. The highest BCUT2D eigenvalue weighted by Crippen LogP contribution is 2.33. The van der Waals surface area contributed by atoms with Gasteiger partial charge >= 0.3 is 0 Å². The van der Waals surface area contributed by atoms with Gasteiger partial charge in [-0.05, 0) is 28.8 Å². The van der Waals surface area contributed by atoms with Gasteiger partial charge in [0.05, 0.1) is 7.11 Å². The molecule has 0 atom stereocenters. The van der Waals surface area contributed by atoms with E-state index in [2.05, 4.69) is 55.0 Å².